The summed E-state index contributed by atoms with van der Waals surface area (Å²) in [5, 5.41) is 32.7. The maximum Gasteiger partial charge on any atom is 0.0988 e. The highest BCUT2D eigenvalue weighted by atomic mass is 16.5. The zero-order valence-electron chi connectivity index (χ0n) is 16.1. The number of hydrogen-bond donors (Lipinski definition) is 3. The summed E-state index contributed by atoms with van der Waals surface area (Å²) >= 11 is 0. The second-order valence-corrected chi connectivity index (χ2v) is 9.93. The first-order valence-corrected chi connectivity index (χ1v) is 10.5. The normalized spacial score (nSPS) is 58.3. The van der Waals surface area contributed by atoms with Gasteiger partial charge in [-0.1, -0.05) is 13.8 Å². The van der Waals surface area contributed by atoms with Crippen LogP contribution in [0.15, 0.2) is 0 Å². The van der Waals surface area contributed by atoms with Gasteiger partial charge in [0, 0.05) is 18.4 Å². The van der Waals surface area contributed by atoms with E-state index < -0.39 is 11.7 Å². The first-order valence-electron chi connectivity index (χ1n) is 10.5. The first kappa shape index (κ1) is 18.2. The van der Waals surface area contributed by atoms with Gasteiger partial charge in [0.05, 0.1) is 23.9 Å². The van der Waals surface area contributed by atoms with Gasteiger partial charge in [0.1, 0.15) is 0 Å². The maximum atomic E-state index is 11.8. The molecule has 0 bridgehead atoms. The fourth-order valence-electron chi connectivity index (χ4n) is 7.61. The number of fused-ring (bicyclic) bond motifs is 5. The summed E-state index contributed by atoms with van der Waals surface area (Å²) in [5.74, 6) is 1.54. The lowest BCUT2D eigenvalue weighted by Gasteiger charge is -2.65. The maximum absolute atomic E-state index is 11.8. The van der Waals surface area contributed by atoms with Crippen molar-refractivity contribution in [3.05, 3.63) is 0 Å². The van der Waals surface area contributed by atoms with Gasteiger partial charge < -0.3 is 20.1 Å². The molecule has 4 nitrogen and oxygen atoms in total. The van der Waals surface area contributed by atoms with E-state index in [2.05, 4.69) is 13.8 Å². The predicted molar refractivity (Wildman–Crippen MR) is 96.0 cm³/mol. The van der Waals surface area contributed by atoms with Crippen molar-refractivity contribution in [1.29, 1.82) is 0 Å². The van der Waals surface area contributed by atoms with Crippen molar-refractivity contribution < 1.29 is 20.1 Å². The van der Waals surface area contributed by atoms with E-state index in [1.807, 2.05) is 6.92 Å². The van der Waals surface area contributed by atoms with Crippen LogP contribution in [0.1, 0.15) is 72.1 Å². The van der Waals surface area contributed by atoms with Gasteiger partial charge in [-0.15, -0.1) is 0 Å². The monoisotopic (exact) mass is 352 g/mol. The van der Waals surface area contributed by atoms with Crippen molar-refractivity contribution in [3.8, 4) is 0 Å². The summed E-state index contributed by atoms with van der Waals surface area (Å²) in [6.45, 7) is 7.14. The van der Waals surface area contributed by atoms with Gasteiger partial charge in [0.2, 0.25) is 0 Å². The highest BCUT2D eigenvalue weighted by Gasteiger charge is 2.67. The molecule has 4 aliphatic rings. The fraction of sp³-hybridized carbons (Fsp3) is 1.00. The molecular formula is C21H36O4. The molecule has 0 amide bonds. The minimum atomic E-state index is -0.924. The van der Waals surface area contributed by atoms with Crippen LogP contribution < -0.4 is 0 Å². The Labute approximate surface area is 152 Å². The Morgan fingerprint density at radius 2 is 1.76 bits per heavy atom. The van der Waals surface area contributed by atoms with E-state index in [0.717, 1.165) is 44.9 Å². The van der Waals surface area contributed by atoms with Crippen LogP contribution in [0.2, 0.25) is 0 Å². The molecule has 0 aromatic rings. The smallest absolute Gasteiger partial charge is 0.0988 e. The van der Waals surface area contributed by atoms with Crippen molar-refractivity contribution in [2.75, 3.05) is 6.61 Å². The molecule has 0 spiro atoms. The SMILES string of the molecule is CCO[C@@H]1C[C@H]2[C@@H]3CC[C@H](O)[C@@]3(C)CC[C@@H]2[C@@]2(C)CC[C@H](O)C[C@]12O. The molecule has 3 N–H and O–H groups in total. The second-order valence-electron chi connectivity index (χ2n) is 9.93. The van der Waals surface area contributed by atoms with Crippen LogP contribution in [-0.4, -0.2) is 45.8 Å². The highest BCUT2D eigenvalue weighted by Crippen LogP contribution is 2.67. The Hall–Kier alpha value is -0.160. The van der Waals surface area contributed by atoms with E-state index in [-0.39, 0.29) is 23.0 Å². The van der Waals surface area contributed by atoms with Crippen LogP contribution in [0, 0.1) is 28.6 Å². The van der Waals surface area contributed by atoms with E-state index in [1.54, 1.807) is 0 Å². The van der Waals surface area contributed by atoms with Gasteiger partial charge in [-0.2, -0.15) is 0 Å². The van der Waals surface area contributed by atoms with Gasteiger partial charge in [0.25, 0.3) is 0 Å². The molecule has 0 heterocycles. The van der Waals surface area contributed by atoms with Crippen LogP contribution in [0.5, 0.6) is 0 Å². The Kier molecular flexibility index (Phi) is 4.31. The Balaban J connectivity index is 1.72. The molecule has 4 aliphatic carbocycles. The summed E-state index contributed by atoms with van der Waals surface area (Å²) in [6.07, 6.45) is 6.37. The third kappa shape index (κ3) is 2.33. The topological polar surface area (TPSA) is 69.9 Å². The van der Waals surface area contributed by atoms with Crippen LogP contribution in [0.4, 0.5) is 0 Å². The Bertz CT molecular complexity index is 524. The Morgan fingerprint density at radius 1 is 1.00 bits per heavy atom. The largest absolute Gasteiger partial charge is 0.393 e. The number of ether oxygens (including phenoxy) is 1. The molecule has 9 atom stereocenters. The molecular weight excluding hydrogens is 316 g/mol. The molecule has 0 radical (unpaired) electrons. The van der Waals surface area contributed by atoms with Crippen LogP contribution in [0.3, 0.4) is 0 Å². The lowest BCUT2D eigenvalue weighted by molar-refractivity contribution is -0.274. The van der Waals surface area contributed by atoms with Gasteiger partial charge >= 0.3 is 0 Å². The average molecular weight is 353 g/mol. The third-order valence-electron chi connectivity index (χ3n) is 9.12. The molecule has 4 heteroatoms. The van der Waals surface area contributed by atoms with E-state index >= 15 is 0 Å². The van der Waals surface area contributed by atoms with Crippen LogP contribution in [0.25, 0.3) is 0 Å². The van der Waals surface area contributed by atoms with Gasteiger partial charge in [-0.25, -0.2) is 0 Å². The summed E-state index contributed by atoms with van der Waals surface area (Å²) in [6, 6.07) is 0. The quantitative estimate of drug-likeness (QED) is 0.715. The summed E-state index contributed by atoms with van der Waals surface area (Å²) in [5.41, 5.74) is -1.07. The molecule has 4 rings (SSSR count). The van der Waals surface area contributed by atoms with Crippen molar-refractivity contribution in [1.82, 2.24) is 0 Å². The van der Waals surface area contributed by atoms with Crippen molar-refractivity contribution in [2.45, 2.75) is 96.1 Å². The summed E-state index contributed by atoms with van der Waals surface area (Å²) in [4.78, 5) is 0. The number of aliphatic hydroxyl groups is 3. The first-order chi connectivity index (χ1) is 11.8. The summed E-state index contributed by atoms with van der Waals surface area (Å²) < 4.78 is 6.10. The van der Waals surface area contributed by atoms with Crippen LogP contribution in [-0.2, 0) is 4.74 Å². The molecule has 144 valence electrons. The number of rotatable bonds is 2. The average Bonchev–Trinajstić information content (AvgIpc) is 2.86. The highest BCUT2D eigenvalue weighted by molar-refractivity contribution is 5.17. The standard InChI is InChI=1S/C21H36O4/c1-4-25-18-11-14-15-5-6-17(23)19(15,2)9-8-16(14)20(3)10-7-13(22)12-21(18,20)24/h13-18,22-24H,4-12H2,1-3H3/t13-,14-,15-,16-,17-,18+,19-,20+,21-/m0/s1. The third-order valence-corrected chi connectivity index (χ3v) is 9.12. The molecule has 0 unspecified atom stereocenters. The molecule has 0 aromatic carbocycles. The zero-order chi connectivity index (χ0) is 18.0. The molecule has 0 saturated heterocycles. The zero-order valence-corrected chi connectivity index (χ0v) is 16.1. The lowest BCUT2D eigenvalue weighted by Crippen LogP contribution is -2.69. The van der Waals surface area contributed by atoms with Crippen LogP contribution >= 0.6 is 0 Å². The van der Waals surface area contributed by atoms with E-state index in [9.17, 15) is 15.3 Å². The fourth-order valence-corrected chi connectivity index (χ4v) is 7.61. The van der Waals surface area contributed by atoms with Gasteiger partial charge in [-0.3, -0.25) is 0 Å². The molecule has 4 fully saturated rings. The van der Waals surface area contributed by atoms with Crippen molar-refractivity contribution in [2.24, 2.45) is 28.6 Å². The minimum Gasteiger partial charge on any atom is -0.393 e. The predicted octanol–water partition coefficient (Wildman–Crippen LogP) is 2.88. The van der Waals surface area contributed by atoms with E-state index in [0.29, 0.717) is 30.8 Å². The van der Waals surface area contributed by atoms with Gasteiger partial charge in [0.15, 0.2) is 0 Å². The lowest BCUT2D eigenvalue weighted by atomic mass is 9.43. The Morgan fingerprint density at radius 3 is 2.48 bits per heavy atom. The second kappa shape index (κ2) is 5.92. The summed E-state index contributed by atoms with van der Waals surface area (Å²) in [7, 11) is 0. The molecule has 0 aromatic heterocycles. The molecule has 25 heavy (non-hydrogen) atoms. The van der Waals surface area contributed by atoms with Crippen molar-refractivity contribution >= 4 is 0 Å². The minimum absolute atomic E-state index is 0.0396. The number of aliphatic hydroxyl groups excluding tert-OH is 2. The van der Waals surface area contributed by atoms with Gasteiger partial charge in [-0.05, 0) is 75.0 Å². The van der Waals surface area contributed by atoms with E-state index in [1.165, 1.54) is 0 Å². The number of hydrogen-bond acceptors (Lipinski definition) is 4. The van der Waals surface area contributed by atoms with Crippen molar-refractivity contribution in [3.63, 3.8) is 0 Å². The molecule has 4 saturated carbocycles. The molecule has 0 aliphatic heterocycles. The van der Waals surface area contributed by atoms with E-state index in [4.69, 9.17) is 4.74 Å².